The van der Waals surface area contributed by atoms with Gasteiger partial charge in [-0.05, 0) is 36.8 Å². The lowest BCUT2D eigenvalue weighted by molar-refractivity contribution is 0.0949. The van der Waals surface area contributed by atoms with Gasteiger partial charge in [-0.25, -0.2) is 8.42 Å². The number of carbonyl (C=O) groups excluding carboxylic acids is 1. The fraction of sp³-hybridized carbons (Fsp3) is 0.278. The molecule has 0 saturated heterocycles. The SMILES string of the molecule is COCCCNC(=O)c1ccccc1NS(=O)(=O)c1cc(Br)ccc1OC. The maximum absolute atomic E-state index is 12.8. The van der Waals surface area contributed by atoms with Gasteiger partial charge in [-0.15, -0.1) is 0 Å². The monoisotopic (exact) mass is 456 g/mol. The molecule has 0 aliphatic heterocycles. The summed E-state index contributed by atoms with van der Waals surface area (Å²) in [6.07, 6.45) is 0.658. The third-order valence-corrected chi connectivity index (χ3v) is 5.52. The second-order valence-electron chi connectivity index (χ2n) is 5.55. The molecule has 2 aromatic carbocycles. The van der Waals surface area contributed by atoms with Gasteiger partial charge in [0.15, 0.2) is 0 Å². The predicted octanol–water partition coefficient (Wildman–Crippen LogP) is 3.02. The summed E-state index contributed by atoms with van der Waals surface area (Å²) in [6.45, 7) is 0.949. The minimum absolute atomic E-state index is 0.0327. The molecule has 0 aliphatic carbocycles. The molecule has 27 heavy (non-hydrogen) atoms. The number of carbonyl (C=O) groups is 1. The molecule has 2 rings (SSSR count). The van der Waals surface area contributed by atoms with E-state index >= 15 is 0 Å². The molecule has 0 radical (unpaired) electrons. The van der Waals surface area contributed by atoms with Crippen molar-refractivity contribution in [2.24, 2.45) is 0 Å². The van der Waals surface area contributed by atoms with Gasteiger partial charge in [0.05, 0.1) is 18.4 Å². The predicted molar refractivity (Wildman–Crippen MR) is 107 cm³/mol. The van der Waals surface area contributed by atoms with Crippen molar-refractivity contribution in [2.75, 3.05) is 32.1 Å². The number of methoxy groups -OCH3 is 2. The van der Waals surface area contributed by atoms with Crippen molar-refractivity contribution < 1.29 is 22.7 Å². The third-order valence-electron chi connectivity index (χ3n) is 3.64. The number of rotatable bonds is 9. The third kappa shape index (κ3) is 5.69. The maximum atomic E-state index is 12.8. The van der Waals surface area contributed by atoms with E-state index in [1.54, 1.807) is 37.4 Å². The van der Waals surface area contributed by atoms with Gasteiger partial charge >= 0.3 is 0 Å². The van der Waals surface area contributed by atoms with Gasteiger partial charge < -0.3 is 14.8 Å². The summed E-state index contributed by atoms with van der Waals surface area (Å²) in [7, 11) is -0.991. The number of ether oxygens (including phenoxy) is 2. The Labute approximate surface area is 167 Å². The van der Waals surface area contributed by atoms with E-state index < -0.39 is 10.0 Å². The van der Waals surface area contributed by atoms with E-state index in [1.165, 1.54) is 19.2 Å². The van der Waals surface area contributed by atoms with Gasteiger partial charge in [0.1, 0.15) is 10.6 Å². The lowest BCUT2D eigenvalue weighted by Gasteiger charge is -2.14. The van der Waals surface area contributed by atoms with Crippen molar-refractivity contribution in [1.82, 2.24) is 5.32 Å². The van der Waals surface area contributed by atoms with Crippen LogP contribution in [0.3, 0.4) is 0 Å². The van der Waals surface area contributed by atoms with E-state index in [4.69, 9.17) is 9.47 Å². The first kappa shape index (κ1) is 21.2. The Morgan fingerprint density at radius 3 is 2.59 bits per heavy atom. The van der Waals surface area contributed by atoms with Gasteiger partial charge in [-0.3, -0.25) is 9.52 Å². The van der Waals surface area contributed by atoms with Gasteiger partial charge in [-0.2, -0.15) is 0 Å². The second kappa shape index (κ2) is 9.72. The fourth-order valence-corrected chi connectivity index (χ4v) is 4.13. The van der Waals surface area contributed by atoms with Crippen LogP contribution in [0.2, 0.25) is 0 Å². The van der Waals surface area contributed by atoms with Crippen LogP contribution in [-0.4, -0.2) is 41.7 Å². The van der Waals surface area contributed by atoms with Gasteiger partial charge in [0.2, 0.25) is 0 Å². The summed E-state index contributed by atoms with van der Waals surface area (Å²) in [6, 6.07) is 11.1. The molecule has 0 unspecified atom stereocenters. The number of anilines is 1. The van der Waals surface area contributed by atoms with Crippen LogP contribution < -0.4 is 14.8 Å². The molecule has 0 aliphatic rings. The van der Waals surface area contributed by atoms with Crippen LogP contribution in [0, 0.1) is 0 Å². The molecular formula is C18H21BrN2O5S. The summed E-state index contributed by atoms with van der Waals surface area (Å²) < 4.78 is 38.8. The van der Waals surface area contributed by atoms with Crippen LogP contribution >= 0.6 is 15.9 Å². The molecule has 0 heterocycles. The van der Waals surface area contributed by atoms with E-state index in [9.17, 15) is 13.2 Å². The van der Waals surface area contributed by atoms with E-state index in [2.05, 4.69) is 26.0 Å². The molecule has 0 atom stereocenters. The first-order valence-corrected chi connectivity index (χ1v) is 10.4. The number of benzene rings is 2. The summed E-state index contributed by atoms with van der Waals surface area (Å²) in [5.74, 6) is -0.169. The summed E-state index contributed by atoms with van der Waals surface area (Å²) in [5.41, 5.74) is 0.413. The molecule has 2 aromatic rings. The number of halogens is 1. The van der Waals surface area contributed by atoms with E-state index in [-0.39, 0.29) is 27.8 Å². The van der Waals surface area contributed by atoms with Crippen molar-refractivity contribution >= 4 is 37.5 Å². The van der Waals surface area contributed by atoms with E-state index in [1.807, 2.05) is 0 Å². The topological polar surface area (TPSA) is 93.7 Å². The Bertz CT molecular complexity index is 902. The fourth-order valence-electron chi connectivity index (χ4n) is 2.34. The molecule has 1 amide bonds. The zero-order chi connectivity index (χ0) is 19.9. The lowest BCUT2D eigenvalue weighted by Crippen LogP contribution is -2.26. The summed E-state index contributed by atoms with van der Waals surface area (Å²) in [5, 5.41) is 2.75. The maximum Gasteiger partial charge on any atom is 0.265 e. The van der Waals surface area contributed by atoms with Crippen LogP contribution in [0.1, 0.15) is 16.8 Å². The van der Waals surface area contributed by atoms with Crippen LogP contribution in [0.4, 0.5) is 5.69 Å². The highest BCUT2D eigenvalue weighted by Crippen LogP contribution is 2.29. The Balaban J connectivity index is 2.27. The van der Waals surface area contributed by atoms with Crippen molar-refractivity contribution in [3.63, 3.8) is 0 Å². The highest BCUT2D eigenvalue weighted by Gasteiger charge is 2.22. The molecule has 7 nitrogen and oxygen atoms in total. The smallest absolute Gasteiger partial charge is 0.265 e. The number of sulfonamides is 1. The van der Waals surface area contributed by atoms with Gasteiger partial charge in [0.25, 0.3) is 15.9 Å². The lowest BCUT2D eigenvalue weighted by atomic mass is 10.1. The molecule has 0 spiro atoms. The molecule has 0 saturated carbocycles. The van der Waals surface area contributed by atoms with Crippen molar-refractivity contribution in [3.05, 3.63) is 52.5 Å². The largest absolute Gasteiger partial charge is 0.495 e. The molecule has 146 valence electrons. The first-order valence-electron chi connectivity index (χ1n) is 8.11. The van der Waals surface area contributed by atoms with Crippen LogP contribution in [0.5, 0.6) is 5.75 Å². The minimum atomic E-state index is -3.97. The molecule has 0 aromatic heterocycles. The van der Waals surface area contributed by atoms with E-state index in [0.29, 0.717) is 24.0 Å². The van der Waals surface area contributed by atoms with Crippen molar-refractivity contribution in [3.8, 4) is 5.75 Å². The number of nitrogens with one attached hydrogen (secondary N) is 2. The molecule has 0 bridgehead atoms. The van der Waals surface area contributed by atoms with Crippen LogP contribution in [0.25, 0.3) is 0 Å². The van der Waals surface area contributed by atoms with Crippen molar-refractivity contribution in [1.29, 1.82) is 0 Å². The minimum Gasteiger partial charge on any atom is -0.495 e. The molecule has 2 N–H and O–H groups in total. The van der Waals surface area contributed by atoms with Crippen LogP contribution in [0.15, 0.2) is 51.8 Å². The second-order valence-corrected chi connectivity index (χ2v) is 8.12. The standard InChI is InChI=1S/C18H21BrN2O5S/c1-25-11-5-10-20-18(22)14-6-3-4-7-15(14)21-27(23,24)17-12-13(19)8-9-16(17)26-2/h3-4,6-9,12,21H,5,10-11H2,1-2H3,(H,20,22). The van der Waals surface area contributed by atoms with E-state index in [0.717, 1.165) is 0 Å². The Hall–Kier alpha value is -2.10. The average Bonchev–Trinajstić information content (AvgIpc) is 2.65. The molecular weight excluding hydrogens is 436 g/mol. The number of para-hydroxylation sites is 1. The first-order chi connectivity index (χ1) is 12.9. The highest BCUT2D eigenvalue weighted by molar-refractivity contribution is 9.10. The molecule has 0 fully saturated rings. The summed E-state index contributed by atoms with van der Waals surface area (Å²) >= 11 is 3.26. The zero-order valence-electron chi connectivity index (χ0n) is 15.0. The van der Waals surface area contributed by atoms with Gasteiger partial charge in [0, 0.05) is 24.7 Å². The molecule has 9 heteroatoms. The summed E-state index contributed by atoms with van der Waals surface area (Å²) in [4.78, 5) is 12.4. The van der Waals surface area contributed by atoms with Gasteiger partial charge in [-0.1, -0.05) is 28.1 Å². The number of amides is 1. The highest BCUT2D eigenvalue weighted by atomic mass is 79.9. The van der Waals surface area contributed by atoms with Crippen molar-refractivity contribution in [2.45, 2.75) is 11.3 Å². The zero-order valence-corrected chi connectivity index (χ0v) is 17.4. The average molecular weight is 457 g/mol. The Morgan fingerprint density at radius 2 is 1.89 bits per heavy atom. The number of hydrogen-bond acceptors (Lipinski definition) is 5. The quantitative estimate of drug-likeness (QED) is 0.565. The Morgan fingerprint density at radius 1 is 1.15 bits per heavy atom. The normalized spacial score (nSPS) is 11.1. The van der Waals surface area contributed by atoms with Crippen LogP contribution in [-0.2, 0) is 14.8 Å². The number of hydrogen-bond donors (Lipinski definition) is 2. The Kier molecular flexibility index (Phi) is 7.64.